The van der Waals surface area contributed by atoms with E-state index in [4.69, 9.17) is 21.7 Å². The van der Waals surface area contributed by atoms with E-state index in [9.17, 15) is 22.8 Å². The third-order valence-corrected chi connectivity index (χ3v) is 6.54. The maximum absolute atomic E-state index is 13.1. The van der Waals surface area contributed by atoms with Crippen LogP contribution in [0.4, 0.5) is 18.9 Å². The van der Waals surface area contributed by atoms with E-state index < -0.39 is 24.3 Å². The zero-order valence-electron chi connectivity index (χ0n) is 17.9. The highest BCUT2D eigenvalue weighted by atomic mass is 79.9. The van der Waals surface area contributed by atoms with Gasteiger partial charge in [0, 0.05) is 7.05 Å². The molecule has 0 radical (unpaired) electrons. The molecule has 3 rings (SSSR count). The van der Waals surface area contributed by atoms with Crippen molar-refractivity contribution in [3.8, 4) is 11.5 Å². The van der Waals surface area contributed by atoms with Crippen LogP contribution in [-0.4, -0.2) is 41.3 Å². The largest absolute Gasteiger partial charge is 0.490 e. The number of carbonyl (C=O) groups is 2. The van der Waals surface area contributed by atoms with Crippen molar-refractivity contribution in [1.29, 1.82) is 0 Å². The number of para-hydroxylation sites is 1. The highest BCUT2D eigenvalue weighted by Gasteiger charge is 2.33. The Morgan fingerprint density at radius 1 is 1.26 bits per heavy atom. The molecule has 0 spiro atoms. The topological polar surface area (TPSA) is 67.9 Å². The molecule has 6 nitrogen and oxygen atoms in total. The first-order valence-corrected chi connectivity index (χ1v) is 11.8. The van der Waals surface area contributed by atoms with Gasteiger partial charge >= 0.3 is 6.18 Å². The monoisotopic (exact) mass is 574 g/mol. The molecule has 1 aliphatic rings. The Morgan fingerprint density at radius 3 is 2.59 bits per heavy atom. The number of ether oxygens (including phenoxy) is 2. The van der Waals surface area contributed by atoms with Crippen molar-refractivity contribution >= 4 is 67.8 Å². The average Bonchev–Trinajstić information content (AvgIpc) is 2.99. The van der Waals surface area contributed by atoms with Crippen LogP contribution in [0.1, 0.15) is 18.1 Å². The normalized spacial score (nSPS) is 15.1. The number of thioether (sulfide) groups is 1. The maximum Gasteiger partial charge on any atom is 0.418 e. The van der Waals surface area contributed by atoms with E-state index in [-0.39, 0.29) is 24.0 Å². The number of carbonyl (C=O) groups excluding carboxylic acids is 2. The molecule has 0 atom stereocenters. The molecule has 2 amide bonds. The summed E-state index contributed by atoms with van der Waals surface area (Å²) in [6.45, 7) is 1.49. The first kappa shape index (κ1) is 26.0. The molecule has 180 valence electrons. The molecular weight excluding hydrogens is 557 g/mol. The molecular formula is C22H18BrF3N2O4S2. The number of hydrogen-bond donors (Lipinski definition) is 1. The molecule has 0 bridgehead atoms. The zero-order valence-corrected chi connectivity index (χ0v) is 21.1. The number of thiocarbonyl (C=S) groups is 1. The first-order valence-electron chi connectivity index (χ1n) is 9.78. The molecule has 0 aromatic heterocycles. The van der Waals surface area contributed by atoms with E-state index in [2.05, 4.69) is 21.2 Å². The summed E-state index contributed by atoms with van der Waals surface area (Å²) in [6.07, 6.45) is -2.96. The van der Waals surface area contributed by atoms with Gasteiger partial charge < -0.3 is 14.8 Å². The number of anilines is 1. The van der Waals surface area contributed by atoms with Gasteiger partial charge in [0.2, 0.25) is 0 Å². The van der Waals surface area contributed by atoms with Crippen molar-refractivity contribution < 1.29 is 32.2 Å². The molecule has 12 heteroatoms. The van der Waals surface area contributed by atoms with E-state index in [1.807, 2.05) is 0 Å². The predicted octanol–water partition coefficient (Wildman–Crippen LogP) is 5.72. The molecule has 0 unspecified atom stereocenters. The summed E-state index contributed by atoms with van der Waals surface area (Å²) >= 11 is 9.67. The van der Waals surface area contributed by atoms with Gasteiger partial charge in [-0.1, -0.05) is 36.1 Å². The fourth-order valence-electron chi connectivity index (χ4n) is 2.93. The lowest BCUT2D eigenvalue weighted by atomic mass is 10.1. The summed E-state index contributed by atoms with van der Waals surface area (Å²) in [7, 11) is 1.59. The standard InChI is InChI=1S/C22H18BrF3N2O4S2/c1-3-31-16-9-12(10-17-20(30)28(2)21(33)34-17)8-14(23)19(16)32-11-18(29)27-15-7-5-4-6-13(15)22(24,25)26/h4-10H,3,11H2,1-2H3,(H,27,29)/b17-10-. The number of likely N-dealkylation sites (N-methyl/N-ethyl adjacent to an activating group) is 1. The lowest BCUT2D eigenvalue weighted by Crippen LogP contribution is -2.22. The van der Waals surface area contributed by atoms with Gasteiger partial charge in [0.1, 0.15) is 4.32 Å². The quantitative estimate of drug-likeness (QED) is 0.337. The second-order valence-corrected chi connectivity index (χ2v) is 9.41. The Morgan fingerprint density at radius 2 is 1.97 bits per heavy atom. The van der Waals surface area contributed by atoms with Crippen LogP contribution in [0, 0.1) is 0 Å². The smallest absolute Gasteiger partial charge is 0.418 e. The van der Waals surface area contributed by atoms with Gasteiger partial charge in [-0.2, -0.15) is 13.2 Å². The summed E-state index contributed by atoms with van der Waals surface area (Å²) < 4.78 is 51.5. The van der Waals surface area contributed by atoms with Crippen LogP contribution in [0.5, 0.6) is 11.5 Å². The van der Waals surface area contributed by atoms with Crippen molar-refractivity contribution in [2.24, 2.45) is 0 Å². The Balaban J connectivity index is 1.78. The molecule has 1 N–H and O–H groups in total. The molecule has 2 aromatic rings. The Bertz CT molecular complexity index is 1170. The van der Waals surface area contributed by atoms with Gasteiger partial charge in [-0.15, -0.1) is 0 Å². The van der Waals surface area contributed by atoms with Gasteiger partial charge in [-0.05, 0) is 58.8 Å². The minimum Gasteiger partial charge on any atom is -0.490 e. The molecule has 0 saturated carbocycles. The number of rotatable bonds is 7. The Labute approximate surface area is 211 Å². The SMILES string of the molecule is CCOc1cc(/C=C2\SC(=S)N(C)C2=O)cc(Br)c1OCC(=O)Nc1ccccc1C(F)(F)F. The highest BCUT2D eigenvalue weighted by molar-refractivity contribution is 9.10. The molecule has 2 aromatic carbocycles. The van der Waals surface area contributed by atoms with Crippen LogP contribution in [0.15, 0.2) is 45.8 Å². The third kappa shape index (κ3) is 6.10. The zero-order chi connectivity index (χ0) is 25.0. The first-order chi connectivity index (χ1) is 16.0. The number of nitrogens with zero attached hydrogens (tertiary/aromatic N) is 1. The summed E-state index contributed by atoms with van der Waals surface area (Å²) in [5.41, 5.74) is -0.696. The highest BCUT2D eigenvalue weighted by Crippen LogP contribution is 2.39. The Hall–Kier alpha value is -2.57. The number of alkyl halides is 3. The van der Waals surface area contributed by atoms with Crippen LogP contribution in [0.25, 0.3) is 6.08 Å². The predicted molar refractivity (Wildman–Crippen MR) is 132 cm³/mol. The molecule has 0 aliphatic carbocycles. The summed E-state index contributed by atoms with van der Waals surface area (Å²) in [5, 5.41) is 2.22. The number of halogens is 4. The van der Waals surface area contributed by atoms with Crippen molar-refractivity contribution in [3.05, 3.63) is 56.9 Å². The molecule has 1 heterocycles. The second-order valence-electron chi connectivity index (χ2n) is 6.88. The summed E-state index contributed by atoms with van der Waals surface area (Å²) in [6, 6.07) is 7.96. The third-order valence-electron chi connectivity index (χ3n) is 4.47. The number of nitrogens with one attached hydrogen (secondary N) is 1. The van der Waals surface area contributed by atoms with Crippen molar-refractivity contribution in [2.45, 2.75) is 13.1 Å². The van der Waals surface area contributed by atoms with E-state index >= 15 is 0 Å². The number of benzene rings is 2. The van der Waals surface area contributed by atoms with Crippen LogP contribution in [-0.2, 0) is 15.8 Å². The number of hydrogen-bond acceptors (Lipinski definition) is 6. The van der Waals surface area contributed by atoms with E-state index in [1.165, 1.54) is 28.8 Å². The lowest BCUT2D eigenvalue weighted by molar-refractivity contribution is -0.137. The summed E-state index contributed by atoms with van der Waals surface area (Å²) in [4.78, 5) is 26.4. The second kappa shape index (κ2) is 10.8. The Kier molecular flexibility index (Phi) is 8.26. The van der Waals surface area contributed by atoms with E-state index in [0.717, 1.165) is 12.1 Å². The van der Waals surface area contributed by atoms with Crippen LogP contribution >= 0.6 is 39.9 Å². The maximum atomic E-state index is 13.1. The molecule has 1 saturated heterocycles. The van der Waals surface area contributed by atoms with Gasteiger partial charge in [0.25, 0.3) is 11.8 Å². The fourth-order valence-corrected chi connectivity index (χ4v) is 4.69. The van der Waals surface area contributed by atoms with E-state index in [0.29, 0.717) is 25.0 Å². The van der Waals surface area contributed by atoms with Gasteiger partial charge in [0.05, 0.1) is 27.2 Å². The van der Waals surface area contributed by atoms with Gasteiger partial charge in [-0.25, -0.2) is 0 Å². The van der Waals surface area contributed by atoms with Gasteiger partial charge in [0.15, 0.2) is 18.1 Å². The van der Waals surface area contributed by atoms with E-state index in [1.54, 1.807) is 32.2 Å². The van der Waals surface area contributed by atoms with Crippen molar-refractivity contribution in [2.75, 3.05) is 25.6 Å². The van der Waals surface area contributed by atoms with Crippen LogP contribution in [0.3, 0.4) is 0 Å². The van der Waals surface area contributed by atoms with Gasteiger partial charge in [-0.3, -0.25) is 14.5 Å². The molecule has 1 aliphatic heterocycles. The van der Waals surface area contributed by atoms with Crippen molar-refractivity contribution in [3.63, 3.8) is 0 Å². The van der Waals surface area contributed by atoms with Crippen LogP contribution < -0.4 is 14.8 Å². The van der Waals surface area contributed by atoms with Crippen LogP contribution in [0.2, 0.25) is 0 Å². The minimum atomic E-state index is -4.61. The number of amides is 2. The summed E-state index contributed by atoms with van der Waals surface area (Å²) in [5.74, 6) is -0.512. The average molecular weight is 575 g/mol. The molecule has 1 fully saturated rings. The van der Waals surface area contributed by atoms with Crippen molar-refractivity contribution in [1.82, 2.24) is 4.90 Å². The fraction of sp³-hybridized carbons (Fsp3) is 0.227. The minimum absolute atomic E-state index is 0.196. The molecule has 34 heavy (non-hydrogen) atoms. The lowest BCUT2D eigenvalue weighted by Gasteiger charge is -2.16.